The molecular weight excluding hydrogens is 251 g/mol. The van der Waals surface area contributed by atoms with Gasteiger partial charge in [-0.15, -0.1) is 0 Å². The maximum atomic E-state index is 13.8. The summed E-state index contributed by atoms with van der Waals surface area (Å²) >= 11 is 0. The van der Waals surface area contributed by atoms with Gasteiger partial charge in [-0.25, -0.2) is 4.39 Å². The molecule has 0 atom stereocenters. The Bertz CT molecular complexity index is 602. The second kappa shape index (κ2) is 5.34. The molecule has 0 amide bonds. The summed E-state index contributed by atoms with van der Waals surface area (Å²) in [6.07, 6.45) is 0. The van der Waals surface area contributed by atoms with Crippen LogP contribution in [0.2, 0.25) is 0 Å². The van der Waals surface area contributed by atoms with Gasteiger partial charge in [-0.05, 0) is 11.6 Å². The molecule has 19 heavy (non-hydrogen) atoms. The van der Waals surface area contributed by atoms with E-state index in [4.69, 9.17) is 10.5 Å². The summed E-state index contributed by atoms with van der Waals surface area (Å²) < 4.78 is 19.0. The Labute approximate surface area is 108 Å². The zero-order chi connectivity index (χ0) is 13.8. The highest BCUT2D eigenvalue weighted by Gasteiger charge is 2.19. The Morgan fingerprint density at radius 3 is 2.53 bits per heavy atom. The van der Waals surface area contributed by atoms with Gasteiger partial charge in [0.1, 0.15) is 6.61 Å². The zero-order valence-corrected chi connectivity index (χ0v) is 9.88. The van der Waals surface area contributed by atoms with Crippen LogP contribution in [0, 0.1) is 15.9 Å². The van der Waals surface area contributed by atoms with Crippen molar-refractivity contribution in [1.82, 2.24) is 0 Å². The molecule has 0 saturated carbocycles. The van der Waals surface area contributed by atoms with Crippen LogP contribution in [0.25, 0.3) is 0 Å². The lowest BCUT2D eigenvalue weighted by atomic mass is 10.2. The van der Waals surface area contributed by atoms with Gasteiger partial charge in [-0.3, -0.25) is 10.1 Å². The number of rotatable bonds is 4. The van der Waals surface area contributed by atoms with Gasteiger partial charge in [-0.1, -0.05) is 30.3 Å². The summed E-state index contributed by atoms with van der Waals surface area (Å²) in [5, 5.41) is 10.6. The molecule has 2 aromatic rings. The van der Waals surface area contributed by atoms with Crippen LogP contribution in [-0.2, 0) is 6.61 Å². The van der Waals surface area contributed by atoms with Crippen LogP contribution < -0.4 is 10.5 Å². The number of nitro groups is 1. The van der Waals surface area contributed by atoms with Gasteiger partial charge in [0.2, 0.25) is 0 Å². The quantitative estimate of drug-likeness (QED) is 0.522. The number of benzene rings is 2. The second-order valence-corrected chi connectivity index (χ2v) is 3.84. The molecule has 0 spiro atoms. The standard InChI is InChI=1S/C13H11FN2O3/c14-12-11(7-6-10(13(12)15)16(17)18)19-8-9-4-2-1-3-5-9/h1-7H,8,15H2. The third kappa shape index (κ3) is 2.79. The van der Waals surface area contributed by atoms with Gasteiger partial charge in [-0.2, -0.15) is 0 Å². The minimum absolute atomic E-state index is 0.105. The van der Waals surface area contributed by atoms with Crippen LogP contribution in [0.4, 0.5) is 15.8 Å². The molecule has 0 aromatic heterocycles. The Morgan fingerprint density at radius 1 is 1.21 bits per heavy atom. The van der Waals surface area contributed by atoms with Crippen LogP contribution in [0.5, 0.6) is 5.75 Å². The third-order valence-corrected chi connectivity index (χ3v) is 2.56. The Kier molecular flexibility index (Phi) is 3.61. The first-order valence-electron chi connectivity index (χ1n) is 5.48. The smallest absolute Gasteiger partial charge is 0.295 e. The summed E-state index contributed by atoms with van der Waals surface area (Å²) in [5.41, 5.74) is 5.23. The molecule has 98 valence electrons. The van der Waals surface area contributed by atoms with E-state index in [-0.39, 0.29) is 12.4 Å². The van der Waals surface area contributed by atoms with Crippen molar-refractivity contribution in [2.24, 2.45) is 0 Å². The van der Waals surface area contributed by atoms with Crippen LogP contribution in [0.1, 0.15) is 5.56 Å². The largest absolute Gasteiger partial charge is 0.486 e. The molecule has 0 radical (unpaired) electrons. The minimum Gasteiger partial charge on any atom is -0.486 e. The van der Waals surface area contributed by atoms with Crippen LogP contribution >= 0.6 is 0 Å². The monoisotopic (exact) mass is 262 g/mol. The predicted molar refractivity (Wildman–Crippen MR) is 68.2 cm³/mol. The fraction of sp³-hybridized carbons (Fsp3) is 0.0769. The fourth-order valence-corrected chi connectivity index (χ4v) is 1.57. The number of nitrogen functional groups attached to an aromatic ring is 1. The van der Waals surface area contributed by atoms with E-state index < -0.39 is 22.1 Å². The highest BCUT2D eigenvalue weighted by atomic mass is 19.1. The SMILES string of the molecule is Nc1c([N+](=O)[O-])ccc(OCc2ccccc2)c1F. The first-order chi connectivity index (χ1) is 9.09. The van der Waals surface area contributed by atoms with Crippen molar-refractivity contribution < 1.29 is 14.1 Å². The molecule has 0 aliphatic carbocycles. The van der Waals surface area contributed by atoms with E-state index in [1.165, 1.54) is 6.07 Å². The predicted octanol–water partition coefficient (Wildman–Crippen LogP) is 2.90. The average Bonchev–Trinajstić information content (AvgIpc) is 2.41. The highest BCUT2D eigenvalue weighted by molar-refractivity contribution is 5.62. The fourth-order valence-electron chi connectivity index (χ4n) is 1.57. The lowest BCUT2D eigenvalue weighted by molar-refractivity contribution is -0.384. The minimum atomic E-state index is -0.912. The van der Waals surface area contributed by atoms with Crippen molar-refractivity contribution in [2.75, 3.05) is 5.73 Å². The van der Waals surface area contributed by atoms with Gasteiger partial charge in [0.25, 0.3) is 5.69 Å². The second-order valence-electron chi connectivity index (χ2n) is 3.84. The van der Waals surface area contributed by atoms with Crippen LogP contribution in [-0.4, -0.2) is 4.92 Å². The number of anilines is 1. The Hall–Kier alpha value is -2.63. The van der Waals surface area contributed by atoms with E-state index >= 15 is 0 Å². The van der Waals surface area contributed by atoms with Crippen molar-refractivity contribution in [3.05, 3.63) is 64.0 Å². The maximum Gasteiger partial charge on any atom is 0.295 e. The van der Waals surface area contributed by atoms with Gasteiger partial charge in [0.05, 0.1) is 4.92 Å². The normalized spacial score (nSPS) is 10.2. The molecule has 0 unspecified atom stereocenters. The van der Waals surface area contributed by atoms with Gasteiger partial charge >= 0.3 is 0 Å². The highest BCUT2D eigenvalue weighted by Crippen LogP contribution is 2.31. The molecule has 2 aromatic carbocycles. The topological polar surface area (TPSA) is 78.4 Å². The number of nitro benzene ring substituents is 1. The number of hydrogen-bond acceptors (Lipinski definition) is 4. The van der Waals surface area contributed by atoms with Crippen molar-refractivity contribution in [3.63, 3.8) is 0 Å². The summed E-state index contributed by atoms with van der Waals surface area (Å²) in [7, 11) is 0. The number of nitrogens with zero attached hydrogens (tertiary/aromatic N) is 1. The molecule has 0 bridgehead atoms. The van der Waals surface area contributed by atoms with Crippen LogP contribution in [0.15, 0.2) is 42.5 Å². The van der Waals surface area contributed by atoms with Crippen molar-refractivity contribution >= 4 is 11.4 Å². The summed E-state index contributed by atoms with van der Waals surface area (Å²) in [4.78, 5) is 9.85. The Morgan fingerprint density at radius 2 is 1.89 bits per heavy atom. The maximum absolute atomic E-state index is 13.8. The number of hydrogen-bond donors (Lipinski definition) is 1. The molecule has 5 nitrogen and oxygen atoms in total. The lowest BCUT2D eigenvalue weighted by Crippen LogP contribution is -2.03. The summed E-state index contributed by atoms with van der Waals surface area (Å²) in [5.74, 6) is -1.02. The molecule has 0 aliphatic rings. The van der Waals surface area contributed by atoms with Crippen LogP contribution in [0.3, 0.4) is 0 Å². The van der Waals surface area contributed by atoms with Gasteiger partial charge < -0.3 is 10.5 Å². The van der Waals surface area contributed by atoms with Gasteiger partial charge in [0, 0.05) is 6.07 Å². The van der Waals surface area contributed by atoms with E-state index in [2.05, 4.69) is 0 Å². The molecule has 0 fully saturated rings. The zero-order valence-electron chi connectivity index (χ0n) is 9.88. The lowest BCUT2D eigenvalue weighted by Gasteiger charge is -2.08. The van der Waals surface area contributed by atoms with E-state index in [0.717, 1.165) is 11.6 Å². The van der Waals surface area contributed by atoms with E-state index in [9.17, 15) is 14.5 Å². The average molecular weight is 262 g/mol. The van der Waals surface area contributed by atoms with E-state index in [0.29, 0.717) is 0 Å². The first kappa shape index (κ1) is 12.8. The van der Waals surface area contributed by atoms with E-state index in [1.807, 2.05) is 30.3 Å². The Balaban J connectivity index is 2.18. The number of nitrogens with two attached hydrogens (primary N) is 1. The van der Waals surface area contributed by atoms with Crippen molar-refractivity contribution in [2.45, 2.75) is 6.61 Å². The molecule has 0 heterocycles. The molecule has 0 saturated heterocycles. The third-order valence-electron chi connectivity index (χ3n) is 2.56. The molecular formula is C13H11FN2O3. The molecule has 6 heteroatoms. The number of ether oxygens (including phenoxy) is 1. The van der Waals surface area contributed by atoms with Crippen molar-refractivity contribution in [1.29, 1.82) is 0 Å². The van der Waals surface area contributed by atoms with E-state index in [1.54, 1.807) is 0 Å². The first-order valence-corrected chi connectivity index (χ1v) is 5.48. The molecule has 0 aliphatic heterocycles. The summed E-state index contributed by atoms with van der Waals surface area (Å²) in [6.45, 7) is 0.162. The van der Waals surface area contributed by atoms with Crippen molar-refractivity contribution in [3.8, 4) is 5.75 Å². The number of halogens is 1. The molecule has 2 N–H and O–H groups in total. The van der Waals surface area contributed by atoms with Gasteiger partial charge in [0.15, 0.2) is 17.3 Å². The summed E-state index contributed by atoms with van der Waals surface area (Å²) in [6, 6.07) is 11.5. The molecule has 2 rings (SSSR count).